The molecule has 2 rings (SSSR count). The molecule has 0 bridgehead atoms. The Kier molecular flexibility index (Phi) is 3.30. The molecule has 78 valence electrons. The van der Waals surface area contributed by atoms with Gasteiger partial charge in [-0.3, -0.25) is 0 Å². The van der Waals surface area contributed by atoms with E-state index in [-0.39, 0.29) is 0 Å². The monoisotopic (exact) mass is 366 g/mol. The van der Waals surface area contributed by atoms with E-state index >= 15 is 0 Å². The van der Waals surface area contributed by atoms with Crippen molar-refractivity contribution < 1.29 is 22.9 Å². The molecule has 0 aliphatic heterocycles. The zero-order valence-corrected chi connectivity index (χ0v) is 13.7. The molecule has 0 heterocycles. The van der Waals surface area contributed by atoms with Crippen LogP contribution in [0.4, 0.5) is 0 Å². The van der Waals surface area contributed by atoms with Gasteiger partial charge in [0.2, 0.25) is 0 Å². The SMILES string of the molecule is CC1=C(C)[C]([Hf][C]2=CCC(C)=C2C)=CC1. The first-order chi connectivity index (χ1) is 7.09. The number of hydrogen-bond acceptors (Lipinski definition) is 0. The van der Waals surface area contributed by atoms with E-state index in [1.807, 2.05) is 0 Å². The molecule has 0 unspecified atom stereocenters. The summed E-state index contributed by atoms with van der Waals surface area (Å²) in [5.74, 6) is 0. The normalized spacial score (nSPS) is 21.1. The molecule has 0 aromatic heterocycles. The first-order valence-corrected chi connectivity index (χ1v) is 9.19. The Morgan fingerprint density at radius 3 is 1.47 bits per heavy atom. The van der Waals surface area contributed by atoms with Crippen LogP contribution in [0.2, 0.25) is 0 Å². The fourth-order valence-corrected chi connectivity index (χ4v) is 7.41. The Balaban J connectivity index is 2.13. The Hall–Kier alpha value is -0.170. The molecule has 0 saturated heterocycles. The molecule has 15 heavy (non-hydrogen) atoms. The van der Waals surface area contributed by atoms with Crippen LogP contribution in [-0.2, 0) is 22.9 Å². The summed E-state index contributed by atoms with van der Waals surface area (Å²) in [5.41, 5.74) is 6.40. The standard InChI is InChI=1S/2C7H9.Hf/c2*1-6-4-3-5-7(6)2;/h2*3H,4H2,1-2H3;. The summed E-state index contributed by atoms with van der Waals surface area (Å²) in [6.07, 6.45) is 7.39. The summed E-state index contributed by atoms with van der Waals surface area (Å²) in [6.45, 7) is 9.17. The minimum atomic E-state index is -0.721. The average Bonchev–Trinajstić information content (AvgIpc) is 2.68. The van der Waals surface area contributed by atoms with Crippen molar-refractivity contribution in [3.05, 3.63) is 41.1 Å². The fraction of sp³-hybridized carbons (Fsp3) is 0.429. The van der Waals surface area contributed by atoms with Crippen LogP contribution in [0, 0.1) is 0 Å². The maximum atomic E-state index is 2.48. The Labute approximate surface area is 104 Å². The van der Waals surface area contributed by atoms with Gasteiger partial charge in [0.1, 0.15) is 0 Å². The molecule has 0 aromatic rings. The molecule has 0 N–H and O–H groups in total. The molecule has 0 radical (unpaired) electrons. The van der Waals surface area contributed by atoms with E-state index in [2.05, 4.69) is 39.8 Å². The molecule has 2 aliphatic carbocycles. The van der Waals surface area contributed by atoms with Crippen LogP contribution in [0.25, 0.3) is 0 Å². The Bertz CT molecular complexity index is 377. The second kappa shape index (κ2) is 4.37. The molecule has 0 amide bonds. The third-order valence-electron chi connectivity index (χ3n) is 3.58. The molecule has 0 atom stereocenters. The molecular weight excluding hydrogens is 347 g/mol. The van der Waals surface area contributed by atoms with Crippen molar-refractivity contribution in [3.63, 3.8) is 0 Å². The second-order valence-corrected chi connectivity index (χ2v) is 9.35. The van der Waals surface area contributed by atoms with E-state index in [1.54, 1.807) is 29.0 Å². The summed E-state index contributed by atoms with van der Waals surface area (Å²) in [4.78, 5) is 0. The van der Waals surface area contributed by atoms with E-state index < -0.39 is 22.9 Å². The van der Waals surface area contributed by atoms with E-state index in [9.17, 15) is 0 Å². The first-order valence-electron chi connectivity index (χ1n) is 5.60. The van der Waals surface area contributed by atoms with Crippen molar-refractivity contribution >= 4 is 0 Å². The first kappa shape index (κ1) is 11.3. The molecule has 1 heteroatoms. The third-order valence-corrected chi connectivity index (χ3v) is 9.68. The minimum absolute atomic E-state index is 0.721. The summed E-state index contributed by atoms with van der Waals surface area (Å²) in [7, 11) is 0. The van der Waals surface area contributed by atoms with Gasteiger partial charge in [0.15, 0.2) is 0 Å². The molecule has 0 spiro atoms. The van der Waals surface area contributed by atoms with Crippen molar-refractivity contribution in [2.45, 2.75) is 40.5 Å². The second-order valence-electron chi connectivity index (χ2n) is 4.58. The summed E-state index contributed by atoms with van der Waals surface area (Å²) >= 11 is -0.721. The van der Waals surface area contributed by atoms with Crippen molar-refractivity contribution in [2.24, 2.45) is 0 Å². The van der Waals surface area contributed by atoms with E-state index in [0.29, 0.717) is 0 Å². The quantitative estimate of drug-likeness (QED) is 0.640. The van der Waals surface area contributed by atoms with Crippen molar-refractivity contribution in [3.8, 4) is 0 Å². The van der Waals surface area contributed by atoms with Gasteiger partial charge >= 0.3 is 105 Å². The van der Waals surface area contributed by atoms with Crippen LogP contribution >= 0.6 is 0 Å². The number of hydrogen-bond donors (Lipinski definition) is 0. The van der Waals surface area contributed by atoms with Gasteiger partial charge in [0.25, 0.3) is 0 Å². The van der Waals surface area contributed by atoms with Crippen LogP contribution in [0.15, 0.2) is 41.1 Å². The van der Waals surface area contributed by atoms with E-state index in [4.69, 9.17) is 0 Å². The van der Waals surface area contributed by atoms with Gasteiger partial charge in [-0.15, -0.1) is 0 Å². The molecule has 2 aliphatic rings. The van der Waals surface area contributed by atoms with Gasteiger partial charge in [-0.25, -0.2) is 0 Å². The van der Waals surface area contributed by atoms with Gasteiger partial charge in [0.05, 0.1) is 0 Å². The predicted octanol–water partition coefficient (Wildman–Crippen LogP) is 4.32. The average molecular weight is 365 g/mol. The third kappa shape index (κ3) is 2.18. The number of rotatable bonds is 2. The van der Waals surface area contributed by atoms with Gasteiger partial charge in [-0.05, 0) is 0 Å². The molecule has 0 fully saturated rings. The molecule has 0 aromatic carbocycles. The van der Waals surface area contributed by atoms with E-state index in [0.717, 1.165) is 0 Å². The van der Waals surface area contributed by atoms with Gasteiger partial charge in [-0.1, -0.05) is 0 Å². The van der Waals surface area contributed by atoms with Gasteiger partial charge < -0.3 is 0 Å². The van der Waals surface area contributed by atoms with E-state index in [1.165, 1.54) is 12.8 Å². The van der Waals surface area contributed by atoms with Crippen molar-refractivity contribution in [1.82, 2.24) is 0 Å². The summed E-state index contributed by atoms with van der Waals surface area (Å²) < 4.78 is 3.49. The fourth-order valence-electron chi connectivity index (χ4n) is 2.02. The van der Waals surface area contributed by atoms with Crippen molar-refractivity contribution in [1.29, 1.82) is 0 Å². The number of allylic oxidation sites excluding steroid dienone is 8. The summed E-state index contributed by atoms with van der Waals surface area (Å²) in [5, 5.41) is 0. The van der Waals surface area contributed by atoms with Gasteiger partial charge in [-0.2, -0.15) is 0 Å². The Morgan fingerprint density at radius 1 is 0.800 bits per heavy atom. The maximum absolute atomic E-state index is 2.48. The van der Waals surface area contributed by atoms with Crippen molar-refractivity contribution in [2.75, 3.05) is 0 Å². The molecule has 0 saturated carbocycles. The topological polar surface area (TPSA) is 0 Å². The van der Waals surface area contributed by atoms with Crippen LogP contribution in [-0.4, -0.2) is 0 Å². The predicted molar refractivity (Wildman–Crippen MR) is 62.1 cm³/mol. The molecular formula is C14H18Hf. The van der Waals surface area contributed by atoms with Gasteiger partial charge in [0, 0.05) is 0 Å². The zero-order valence-electron chi connectivity index (χ0n) is 10.1. The Morgan fingerprint density at radius 2 is 1.20 bits per heavy atom. The summed E-state index contributed by atoms with van der Waals surface area (Å²) in [6, 6.07) is 0. The zero-order chi connectivity index (χ0) is 11.0. The van der Waals surface area contributed by atoms with Crippen LogP contribution in [0.3, 0.4) is 0 Å². The van der Waals surface area contributed by atoms with Crippen LogP contribution < -0.4 is 0 Å². The van der Waals surface area contributed by atoms with Crippen LogP contribution in [0.1, 0.15) is 40.5 Å². The van der Waals surface area contributed by atoms with Crippen LogP contribution in [0.5, 0.6) is 0 Å². The molecule has 0 nitrogen and oxygen atoms in total.